The number of aliphatic carboxylic acids is 1. The Morgan fingerprint density at radius 3 is 2.61 bits per heavy atom. The van der Waals surface area contributed by atoms with Crippen LogP contribution in [0.2, 0.25) is 0 Å². The topological polar surface area (TPSA) is 80.9 Å². The highest BCUT2D eigenvalue weighted by atomic mass is 16.4. The summed E-state index contributed by atoms with van der Waals surface area (Å²) in [6.07, 6.45) is 4.53. The van der Waals surface area contributed by atoms with Gasteiger partial charge in [-0.15, -0.1) is 5.10 Å². The minimum absolute atomic E-state index is 0.203. The first kappa shape index (κ1) is 13.0. The number of hydrogen-bond acceptors (Lipinski definition) is 4. The van der Waals surface area contributed by atoms with Crippen LogP contribution < -0.4 is 0 Å². The predicted molar refractivity (Wildman–Crippen MR) is 65.1 cm³/mol. The van der Waals surface area contributed by atoms with Gasteiger partial charge in [-0.2, -0.15) is 0 Å². The summed E-state index contributed by atoms with van der Waals surface area (Å²) in [5.41, 5.74) is -0.683. The molecule has 0 amide bonds. The second kappa shape index (κ2) is 5.04. The van der Waals surface area contributed by atoms with E-state index in [1.54, 1.807) is 4.68 Å². The fourth-order valence-electron chi connectivity index (χ4n) is 2.69. The van der Waals surface area contributed by atoms with E-state index in [1.807, 2.05) is 13.8 Å². The number of aromatic nitrogens is 4. The SMILES string of the molecule is CC(C)c1nnnn1CC1(C(=O)O)CCCCC1. The zero-order valence-corrected chi connectivity index (χ0v) is 11.0. The predicted octanol–water partition coefficient (Wildman–Crippen LogP) is 1.83. The van der Waals surface area contributed by atoms with Gasteiger partial charge in [0.25, 0.3) is 0 Å². The lowest BCUT2D eigenvalue weighted by Gasteiger charge is -2.33. The molecule has 1 saturated carbocycles. The maximum Gasteiger partial charge on any atom is 0.311 e. The molecular formula is C12H20N4O2. The Bertz CT molecular complexity index is 421. The molecule has 1 aromatic rings. The molecule has 6 nitrogen and oxygen atoms in total. The van der Waals surface area contributed by atoms with Crippen LogP contribution in [0.5, 0.6) is 0 Å². The maximum atomic E-state index is 11.6. The van der Waals surface area contributed by atoms with E-state index >= 15 is 0 Å². The molecule has 0 saturated heterocycles. The molecular weight excluding hydrogens is 232 g/mol. The van der Waals surface area contributed by atoms with Crippen LogP contribution in [0.15, 0.2) is 0 Å². The number of carbonyl (C=O) groups is 1. The van der Waals surface area contributed by atoms with Crippen LogP contribution in [0.1, 0.15) is 57.7 Å². The van der Waals surface area contributed by atoms with Crippen LogP contribution in [-0.2, 0) is 11.3 Å². The molecule has 1 N–H and O–H groups in total. The first-order chi connectivity index (χ1) is 8.55. The molecule has 18 heavy (non-hydrogen) atoms. The molecule has 0 unspecified atom stereocenters. The lowest BCUT2D eigenvalue weighted by Crippen LogP contribution is -2.38. The fraction of sp³-hybridized carbons (Fsp3) is 0.833. The van der Waals surface area contributed by atoms with Crippen LogP contribution in [0, 0.1) is 5.41 Å². The van der Waals surface area contributed by atoms with Crippen LogP contribution in [-0.4, -0.2) is 31.3 Å². The molecule has 0 bridgehead atoms. The van der Waals surface area contributed by atoms with E-state index in [-0.39, 0.29) is 5.92 Å². The molecule has 1 aliphatic rings. The van der Waals surface area contributed by atoms with Crippen molar-refractivity contribution in [2.45, 2.75) is 58.4 Å². The molecule has 0 aliphatic heterocycles. The molecule has 0 spiro atoms. The summed E-state index contributed by atoms with van der Waals surface area (Å²) in [5.74, 6) is 0.253. The number of tetrazole rings is 1. The average Bonchev–Trinajstić information content (AvgIpc) is 2.78. The van der Waals surface area contributed by atoms with Crippen molar-refractivity contribution in [2.75, 3.05) is 0 Å². The first-order valence-electron chi connectivity index (χ1n) is 6.55. The molecule has 1 aromatic heterocycles. The van der Waals surface area contributed by atoms with Crippen molar-refractivity contribution in [2.24, 2.45) is 5.41 Å². The molecule has 0 radical (unpaired) electrons. The minimum Gasteiger partial charge on any atom is -0.481 e. The van der Waals surface area contributed by atoms with Gasteiger partial charge in [-0.3, -0.25) is 4.79 Å². The largest absolute Gasteiger partial charge is 0.481 e. The van der Waals surface area contributed by atoms with Crippen molar-refractivity contribution in [3.05, 3.63) is 5.82 Å². The van der Waals surface area contributed by atoms with Crippen molar-refractivity contribution in [3.63, 3.8) is 0 Å². The van der Waals surface area contributed by atoms with Gasteiger partial charge in [-0.1, -0.05) is 33.1 Å². The summed E-state index contributed by atoms with van der Waals surface area (Å²) in [7, 11) is 0. The molecule has 100 valence electrons. The van der Waals surface area contributed by atoms with Gasteiger partial charge in [0.05, 0.1) is 12.0 Å². The standard InChI is InChI=1S/C12H20N4O2/c1-9(2)10-13-14-15-16(10)8-12(11(17)18)6-4-3-5-7-12/h9H,3-8H2,1-2H3,(H,17,18). The van der Waals surface area contributed by atoms with Crippen molar-refractivity contribution in [1.82, 2.24) is 20.2 Å². The van der Waals surface area contributed by atoms with Crippen molar-refractivity contribution < 1.29 is 9.90 Å². The van der Waals surface area contributed by atoms with Crippen molar-refractivity contribution in [1.29, 1.82) is 0 Å². The normalized spacial score (nSPS) is 19.1. The molecule has 2 rings (SSSR count). The zero-order chi connectivity index (χ0) is 13.2. The lowest BCUT2D eigenvalue weighted by atomic mass is 9.74. The quantitative estimate of drug-likeness (QED) is 0.884. The Labute approximate surface area is 106 Å². The summed E-state index contributed by atoms with van der Waals surface area (Å²) < 4.78 is 1.67. The third-order valence-corrected chi connectivity index (χ3v) is 3.79. The molecule has 1 aliphatic carbocycles. The van der Waals surface area contributed by atoms with E-state index in [1.165, 1.54) is 0 Å². The van der Waals surface area contributed by atoms with Gasteiger partial charge in [0, 0.05) is 5.92 Å². The maximum absolute atomic E-state index is 11.6. The Morgan fingerprint density at radius 1 is 1.39 bits per heavy atom. The lowest BCUT2D eigenvalue weighted by molar-refractivity contribution is -0.152. The van der Waals surface area contributed by atoms with E-state index in [4.69, 9.17) is 0 Å². The summed E-state index contributed by atoms with van der Waals surface area (Å²) in [6.45, 7) is 4.41. The Balaban J connectivity index is 2.23. The van der Waals surface area contributed by atoms with E-state index in [9.17, 15) is 9.90 Å². The monoisotopic (exact) mass is 252 g/mol. The van der Waals surface area contributed by atoms with Gasteiger partial charge in [0.2, 0.25) is 0 Å². The highest BCUT2D eigenvalue weighted by molar-refractivity contribution is 5.74. The third-order valence-electron chi connectivity index (χ3n) is 3.79. The van der Waals surface area contributed by atoms with Gasteiger partial charge in [-0.05, 0) is 23.3 Å². The summed E-state index contributed by atoms with van der Waals surface area (Å²) in [4.78, 5) is 11.6. The van der Waals surface area contributed by atoms with Gasteiger partial charge in [0.1, 0.15) is 0 Å². The van der Waals surface area contributed by atoms with E-state index in [2.05, 4.69) is 15.5 Å². The highest BCUT2D eigenvalue weighted by Gasteiger charge is 2.41. The average molecular weight is 252 g/mol. The Kier molecular flexibility index (Phi) is 3.63. The number of carboxylic acid groups (broad SMARTS) is 1. The first-order valence-corrected chi connectivity index (χ1v) is 6.55. The van der Waals surface area contributed by atoms with Crippen LogP contribution in [0.4, 0.5) is 0 Å². The van der Waals surface area contributed by atoms with Gasteiger partial charge in [-0.25, -0.2) is 4.68 Å². The number of nitrogens with zero attached hydrogens (tertiary/aromatic N) is 4. The van der Waals surface area contributed by atoms with E-state index in [0.29, 0.717) is 6.54 Å². The summed E-state index contributed by atoms with van der Waals surface area (Å²) in [6, 6.07) is 0. The minimum atomic E-state index is -0.715. The van der Waals surface area contributed by atoms with Crippen LogP contribution in [0.3, 0.4) is 0 Å². The van der Waals surface area contributed by atoms with Gasteiger partial charge < -0.3 is 5.11 Å². The highest BCUT2D eigenvalue weighted by Crippen LogP contribution is 2.38. The molecule has 1 fully saturated rings. The third kappa shape index (κ3) is 2.37. The van der Waals surface area contributed by atoms with Crippen LogP contribution in [0.25, 0.3) is 0 Å². The van der Waals surface area contributed by atoms with Crippen LogP contribution >= 0.6 is 0 Å². The van der Waals surface area contributed by atoms with E-state index < -0.39 is 11.4 Å². The fourth-order valence-corrected chi connectivity index (χ4v) is 2.69. The Morgan fingerprint density at radius 2 is 2.06 bits per heavy atom. The number of rotatable bonds is 4. The van der Waals surface area contributed by atoms with Gasteiger partial charge >= 0.3 is 5.97 Å². The number of carboxylic acids is 1. The molecule has 6 heteroatoms. The second-order valence-corrected chi connectivity index (χ2v) is 5.50. The van der Waals surface area contributed by atoms with Gasteiger partial charge in [0.15, 0.2) is 5.82 Å². The Hall–Kier alpha value is -1.46. The molecule has 1 heterocycles. The molecule has 0 aromatic carbocycles. The van der Waals surface area contributed by atoms with E-state index in [0.717, 1.165) is 37.9 Å². The van der Waals surface area contributed by atoms with Crippen molar-refractivity contribution in [3.8, 4) is 0 Å². The number of hydrogen-bond donors (Lipinski definition) is 1. The summed E-state index contributed by atoms with van der Waals surface area (Å²) in [5, 5.41) is 21.1. The zero-order valence-electron chi connectivity index (χ0n) is 11.0. The molecule has 0 atom stereocenters. The summed E-state index contributed by atoms with van der Waals surface area (Å²) >= 11 is 0. The van der Waals surface area contributed by atoms with Crippen molar-refractivity contribution >= 4 is 5.97 Å². The smallest absolute Gasteiger partial charge is 0.311 e. The second-order valence-electron chi connectivity index (χ2n) is 5.50.